The molecule has 0 aromatic heterocycles. The maximum Gasteiger partial charge on any atom is 0.306 e. The lowest BCUT2D eigenvalue weighted by Crippen LogP contribution is -2.30. The van der Waals surface area contributed by atoms with E-state index in [0.29, 0.717) is 19.3 Å². The average Bonchev–Trinajstić information content (AvgIpc) is 3.17. The third-order valence-corrected chi connectivity index (χ3v) is 11.0. The predicted octanol–water partition coefficient (Wildman–Crippen LogP) is 15.5. The first-order chi connectivity index (χ1) is 26.9. The van der Waals surface area contributed by atoms with E-state index in [1.165, 1.54) is 167 Å². The molecule has 0 radical (unpaired) electrons. The molecule has 55 heavy (non-hydrogen) atoms. The molecular weight excluding hydrogens is 685 g/mol. The van der Waals surface area contributed by atoms with E-state index in [-0.39, 0.29) is 31.1 Å². The maximum atomic E-state index is 12.6. The van der Waals surface area contributed by atoms with Gasteiger partial charge in [-0.05, 0) is 25.2 Å². The van der Waals surface area contributed by atoms with Crippen molar-refractivity contribution in [2.75, 3.05) is 13.2 Å². The molecule has 0 heterocycles. The topological polar surface area (TPSA) is 78.9 Å². The van der Waals surface area contributed by atoms with Crippen LogP contribution in [0.3, 0.4) is 0 Å². The summed E-state index contributed by atoms with van der Waals surface area (Å²) in [7, 11) is 0. The zero-order valence-electron chi connectivity index (χ0n) is 37.4. The van der Waals surface area contributed by atoms with E-state index in [0.717, 1.165) is 63.7 Å². The zero-order chi connectivity index (χ0) is 40.3. The Labute approximate surface area is 342 Å². The monoisotopic (exact) mass is 779 g/mol. The molecule has 0 aromatic carbocycles. The van der Waals surface area contributed by atoms with Crippen LogP contribution < -0.4 is 0 Å². The first-order valence-corrected chi connectivity index (χ1v) is 24.4. The first-order valence-electron chi connectivity index (χ1n) is 24.4. The molecule has 6 heteroatoms. The number of hydrogen-bond donors (Lipinski definition) is 0. The molecule has 0 amide bonds. The Bertz CT molecular complexity index is 826. The van der Waals surface area contributed by atoms with E-state index in [1.54, 1.807) is 0 Å². The number of ether oxygens (including phenoxy) is 3. The van der Waals surface area contributed by atoms with E-state index in [9.17, 15) is 14.4 Å². The molecule has 0 spiro atoms. The van der Waals surface area contributed by atoms with Gasteiger partial charge in [0.2, 0.25) is 0 Å². The average molecular weight is 779 g/mol. The summed E-state index contributed by atoms with van der Waals surface area (Å²) >= 11 is 0. The lowest BCUT2D eigenvalue weighted by Gasteiger charge is -2.18. The molecule has 0 aliphatic heterocycles. The van der Waals surface area contributed by atoms with Crippen molar-refractivity contribution in [3.63, 3.8) is 0 Å². The fourth-order valence-electron chi connectivity index (χ4n) is 7.33. The van der Waals surface area contributed by atoms with Gasteiger partial charge in [-0.2, -0.15) is 0 Å². The van der Waals surface area contributed by atoms with Gasteiger partial charge in [0, 0.05) is 19.3 Å². The van der Waals surface area contributed by atoms with Crippen LogP contribution in [0.15, 0.2) is 0 Å². The second-order valence-corrected chi connectivity index (χ2v) is 17.2. The Morgan fingerprint density at radius 3 is 0.891 bits per heavy atom. The van der Waals surface area contributed by atoms with Crippen molar-refractivity contribution in [2.24, 2.45) is 5.92 Å². The number of hydrogen-bond acceptors (Lipinski definition) is 6. The highest BCUT2D eigenvalue weighted by Crippen LogP contribution is 2.17. The summed E-state index contributed by atoms with van der Waals surface area (Å²) in [5, 5.41) is 0. The van der Waals surface area contributed by atoms with Gasteiger partial charge in [-0.15, -0.1) is 0 Å². The summed E-state index contributed by atoms with van der Waals surface area (Å²) in [6.45, 7) is 8.98. The minimum atomic E-state index is -0.758. The van der Waals surface area contributed by atoms with Crippen LogP contribution in [0.2, 0.25) is 0 Å². The third-order valence-electron chi connectivity index (χ3n) is 11.0. The van der Waals surface area contributed by atoms with Gasteiger partial charge in [-0.1, -0.05) is 233 Å². The molecule has 6 nitrogen and oxygen atoms in total. The smallest absolute Gasteiger partial charge is 0.306 e. The van der Waals surface area contributed by atoms with Gasteiger partial charge in [-0.25, -0.2) is 0 Å². The van der Waals surface area contributed by atoms with Crippen molar-refractivity contribution in [3.8, 4) is 0 Å². The molecule has 0 aromatic rings. The fourth-order valence-corrected chi connectivity index (χ4v) is 7.33. The molecule has 0 aliphatic rings. The largest absolute Gasteiger partial charge is 0.462 e. The van der Waals surface area contributed by atoms with Gasteiger partial charge in [0.25, 0.3) is 0 Å². The standard InChI is InChI=1S/C49H94O6/c1-5-7-9-11-13-14-21-25-29-32-36-40-47(50)53-43-46(55-49(52)42-38-34-27-12-10-8-6-2)44-54-48(51)41-37-33-30-26-23-20-18-16-15-17-19-22-24-28-31-35-39-45(3)4/h45-46H,5-44H2,1-4H3/t46-/m1/s1. The number of carbonyl (C=O) groups excluding carboxylic acids is 3. The van der Waals surface area contributed by atoms with Crippen molar-refractivity contribution in [2.45, 2.75) is 278 Å². The van der Waals surface area contributed by atoms with Gasteiger partial charge in [0.1, 0.15) is 13.2 Å². The van der Waals surface area contributed by atoms with Gasteiger partial charge in [-0.3, -0.25) is 14.4 Å². The summed E-state index contributed by atoms with van der Waals surface area (Å²) < 4.78 is 16.7. The van der Waals surface area contributed by atoms with E-state index in [1.807, 2.05) is 0 Å². The number of esters is 3. The first kappa shape index (κ1) is 53.4. The third kappa shape index (κ3) is 43.4. The maximum absolute atomic E-state index is 12.6. The van der Waals surface area contributed by atoms with Crippen molar-refractivity contribution >= 4 is 17.9 Å². The minimum absolute atomic E-state index is 0.0637. The molecule has 0 saturated heterocycles. The molecule has 0 bridgehead atoms. The normalized spacial score (nSPS) is 11.9. The molecule has 0 fully saturated rings. The van der Waals surface area contributed by atoms with Crippen LogP contribution in [0.4, 0.5) is 0 Å². The highest BCUT2D eigenvalue weighted by molar-refractivity contribution is 5.71. The molecule has 0 aliphatic carbocycles. The molecule has 0 rings (SSSR count). The van der Waals surface area contributed by atoms with Gasteiger partial charge >= 0.3 is 17.9 Å². The Morgan fingerprint density at radius 2 is 0.600 bits per heavy atom. The highest BCUT2D eigenvalue weighted by atomic mass is 16.6. The zero-order valence-corrected chi connectivity index (χ0v) is 37.4. The van der Waals surface area contributed by atoms with Crippen LogP contribution in [0.5, 0.6) is 0 Å². The molecule has 0 N–H and O–H groups in total. The van der Waals surface area contributed by atoms with Crippen LogP contribution in [0.25, 0.3) is 0 Å². The van der Waals surface area contributed by atoms with Gasteiger partial charge in [0.05, 0.1) is 0 Å². The van der Waals surface area contributed by atoms with E-state index in [4.69, 9.17) is 14.2 Å². The SMILES string of the molecule is CCCCCCCCCCCCCC(=O)OC[C@H](COC(=O)CCCCCCCCCCCCCCCCCCC(C)C)OC(=O)CCCCCCCCC. The summed E-state index contributed by atoms with van der Waals surface area (Å²) in [4.78, 5) is 37.6. The molecular formula is C49H94O6. The van der Waals surface area contributed by atoms with Gasteiger partial charge in [0.15, 0.2) is 6.10 Å². The van der Waals surface area contributed by atoms with E-state index >= 15 is 0 Å². The quantitative estimate of drug-likeness (QED) is 0.0348. The molecule has 1 atom stereocenters. The van der Waals surface area contributed by atoms with E-state index < -0.39 is 6.10 Å². The number of unbranched alkanes of at least 4 members (excludes halogenated alkanes) is 31. The van der Waals surface area contributed by atoms with Crippen LogP contribution in [0.1, 0.15) is 272 Å². The van der Waals surface area contributed by atoms with Crippen LogP contribution in [-0.4, -0.2) is 37.2 Å². The second kappa shape index (κ2) is 43.5. The van der Waals surface area contributed by atoms with Crippen LogP contribution in [-0.2, 0) is 28.6 Å². The van der Waals surface area contributed by atoms with Crippen molar-refractivity contribution in [1.29, 1.82) is 0 Å². The van der Waals surface area contributed by atoms with Crippen LogP contribution >= 0.6 is 0 Å². The molecule has 0 unspecified atom stereocenters. The second-order valence-electron chi connectivity index (χ2n) is 17.2. The molecule has 0 saturated carbocycles. The number of rotatable bonds is 44. The van der Waals surface area contributed by atoms with Crippen molar-refractivity contribution < 1.29 is 28.6 Å². The Balaban J connectivity index is 4.13. The Kier molecular flexibility index (Phi) is 42.3. The van der Waals surface area contributed by atoms with E-state index in [2.05, 4.69) is 27.7 Å². The number of carbonyl (C=O) groups is 3. The predicted molar refractivity (Wildman–Crippen MR) is 233 cm³/mol. The summed E-state index contributed by atoms with van der Waals surface area (Å²) in [6.07, 6.45) is 43.9. The fraction of sp³-hybridized carbons (Fsp3) is 0.939. The van der Waals surface area contributed by atoms with Crippen molar-refractivity contribution in [1.82, 2.24) is 0 Å². The Morgan fingerprint density at radius 1 is 0.345 bits per heavy atom. The lowest BCUT2D eigenvalue weighted by molar-refractivity contribution is -0.167. The lowest BCUT2D eigenvalue weighted by atomic mass is 10.0. The summed E-state index contributed by atoms with van der Waals surface area (Å²) in [5.41, 5.74) is 0. The molecule has 326 valence electrons. The summed E-state index contributed by atoms with van der Waals surface area (Å²) in [5.74, 6) is -0.00382. The minimum Gasteiger partial charge on any atom is -0.462 e. The van der Waals surface area contributed by atoms with Gasteiger partial charge < -0.3 is 14.2 Å². The summed E-state index contributed by atoms with van der Waals surface area (Å²) in [6, 6.07) is 0. The van der Waals surface area contributed by atoms with Crippen LogP contribution in [0, 0.1) is 5.92 Å². The van der Waals surface area contributed by atoms with Crippen molar-refractivity contribution in [3.05, 3.63) is 0 Å². The highest BCUT2D eigenvalue weighted by Gasteiger charge is 2.19. The Hall–Kier alpha value is -1.59.